The number of benzene rings is 1. The third kappa shape index (κ3) is 4.86. The highest BCUT2D eigenvalue weighted by molar-refractivity contribution is 7.09. The van der Waals surface area contributed by atoms with Crippen molar-refractivity contribution < 1.29 is 14.6 Å². The lowest BCUT2D eigenvalue weighted by atomic mass is 10.1. The monoisotopic (exact) mass is 305 g/mol. The largest absolute Gasteiger partial charge is 0.494 e. The average Bonchev–Trinajstić information content (AvgIpc) is 2.85. The molecule has 0 bridgehead atoms. The highest BCUT2D eigenvalue weighted by Gasteiger charge is 2.06. The van der Waals surface area contributed by atoms with Crippen molar-refractivity contribution in [1.82, 2.24) is 4.98 Å². The normalized spacial score (nSPS) is 10.6. The van der Waals surface area contributed by atoms with Gasteiger partial charge in [0.2, 0.25) is 0 Å². The summed E-state index contributed by atoms with van der Waals surface area (Å²) in [4.78, 5) is 14.9. The number of aryl methyl sites for hydroxylation is 3. The summed E-state index contributed by atoms with van der Waals surface area (Å²) in [5, 5.41) is 11.5. The SMILES string of the molecule is Cc1ccc(OCCCc2nc(CC(=O)O)cs2)cc1C. The second-order valence-corrected chi connectivity index (χ2v) is 5.94. The first-order valence-corrected chi connectivity index (χ1v) is 7.77. The van der Waals surface area contributed by atoms with Crippen molar-refractivity contribution in [3.63, 3.8) is 0 Å². The van der Waals surface area contributed by atoms with E-state index in [1.807, 2.05) is 17.5 Å². The van der Waals surface area contributed by atoms with Gasteiger partial charge in [0.25, 0.3) is 0 Å². The Hall–Kier alpha value is -1.88. The quantitative estimate of drug-likeness (QED) is 0.797. The molecule has 0 saturated carbocycles. The van der Waals surface area contributed by atoms with Gasteiger partial charge in [0, 0.05) is 11.8 Å². The number of hydrogen-bond acceptors (Lipinski definition) is 4. The van der Waals surface area contributed by atoms with E-state index in [-0.39, 0.29) is 6.42 Å². The number of nitrogens with zero attached hydrogens (tertiary/aromatic N) is 1. The predicted octanol–water partition coefficient (Wildman–Crippen LogP) is 3.40. The van der Waals surface area contributed by atoms with Crippen LogP contribution in [-0.4, -0.2) is 22.7 Å². The second kappa shape index (κ2) is 7.22. The third-order valence-electron chi connectivity index (χ3n) is 3.21. The molecule has 0 saturated heterocycles. The van der Waals surface area contributed by atoms with Gasteiger partial charge in [0.05, 0.1) is 23.7 Å². The smallest absolute Gasteiger partial charge is 0.309 e. The van der Waals surface area contributed by atoms with Crippen LogP contribution in [0, 0.1) is 13.8 Å². The number of aliphatic carboxylic acids is 1. The fourth-order valence-electron chi connectivity index (χ4n) is 1.92. The molecule has 1 aromatic carbocycles. The maximum atomic E-state index is 10.6. The van der Waals surface area contributed by atoms with E-state index in [9.17, 15) is 4.79 Å². The van der Waals surface area contributed by atoms with Crippen molar-refractivity contribution in [3.8, 4) is 5.75 Å². The summed E-state index contributed by atoms with van der Waals surface area (Å²) in [6, 6.07) is 6.09. The molecule has 112 valence electrons. The Morgan fingerprint density at radius 3 is 2.86 bits per heavy atom. The topological polar surface area (TPSA) is 59.4 Å². The van der Waals surface area contributed by atoms with Gasteiger partial charge in [-0.15, -0.1) is 11.3 Å². The molecule has 4 nitrogen and oxygen atoms in total. The van der Waals surface area contributed by atoms with E-state index in [1.54, 1.807) is 0 Å². The molecule has 1 heterocycles. The Morgan fingerprint density at radius 2 is 2.14 bits per heavy atom. The number of ether oxygens (including phenoxy) is 1. The minimum Gasteiger partial charge on any atom is -0.494 e. The van der Waals surface area contributed by atoms with E-state index in [0.717, 1.165) is 23.6 Å². The maximum Gasteiger partial charge on any atom is 0.309 e. The first-order chi connectivity index (χ1) is 10.0. The van der Waals surface area contributed by atoms with Crippen molar-refractivity contribution in [2.75, 3.05) is 6.61 Å². The fraction of sp³-hybridized carbons (Fsp3) is 0.375. The standard InChI is InChI=1S/C16H19NO3S/c1-11-5-6-14(8-12(11)2)20-7-3-4-15-17-13(10-21-15)9-16(18)19/h5-6,8,10H,3-4,7,9H2,1-2H3,(H,18,19). The molecule has 2 rings (SSSR count). The van der Waals surface area contributed by atoms with Gasteiger partial charge >= 0.3 is 5.97 Å². The zero-order chi connectivity index (χ0) is 15.2. The van der Waals surface area contributed by atoms with Crippen molar-refractivity contribution in [1.29, 1.82) is 0 Å². The van der Waals surface area contributed by atoms with E-state index in [1.165, 1.54) is 22.5 Å². The van der Waals surface area contributed by atoms with Crippen LogP contribution in [0.1, 0.15) is 28.2 Å². The molecule has 1 N–H and O–H groups in total. The molecule has 0 amide bonds. The van der Waals surface area contributed by atoms with Gasteiger partial charge in [-0.3, -0.25) is 4.79 Å². The highest BCUT2D eigenvalue weighted by Crippen LogP contribution is 2.17. The third-order valence-corrected chi connectivity index (χ3v) is 4.17. The molecule has 0 unspecified atom stereocenters. The Bertz CT molecular complexity index is 622. The summed E-state index contributed by atoms with van der Waals surface area (Å²) in [5.74, 6) is 0.0497. The zero-order valence-corrected chi connectivity index (χ0v) is 13.1. The summed E-state index contributed by atoms with van der Waals surface area (Å²) in [6.07, 6.45) is 1.68. The summed E-state index contributed by atoms with van der Waals surface area (Å²) < 4.78 is 5.72. The molecule has 0 radical (unpaired) electrons. The molecule has 0 aliphatic carbocycles. The summed E-state index contributed by atoms with van der Waals surface area (Å²) in [5.41, 5.74) is 3.12. The number of rotatable bonds is 7. The first kappa shape index (κ1) is 15.5. The minimum absolute atomic E-state index is 0.00432. The Morgan fingerprint density at radius 1 is 1.33 bits per heavy atom. The lowest BCUT2D eigenvalue weighted by Crippen LogP contribution is -2.01. The molecule has 21 heavy (non-hydrogen) atoms. The van der Waals surface area contributed by atoms with Crippen LogP contribution < -0.4 is 4.74 Å². The van der Waals surface area contributed by atoms with Crippen molar-refractivity contribution in [2.24, 2.45) is 0 Å². The minimum atomic E-state index is -0.843. The second-order valence-electron chi connectivity index (χ2n) is 5.00. The molecule has 5 heteroatoms. The van der Waals surface area contributed by atoms with Gasteiger partial charge in [-0.1, -0.05) is 6.07 Å². The number of hydrogen-bond donors (Lipinski definition) is 1. The predicted molar refractivity (Wildman–Crippen MR) is 83.2 cm³/mol. The van der Waals surface area contributed by atoms with Gasteiger partial charge in [0.1, 0.15) is 5.75 Å². The van der Waals surface area contributed by atoms with Gasteiger partial charge in [0.15, 0.2) is 0 Å². The number of thiazole rings is 1. The van der Waals surface area contributed by atoms with Crippen molar-refractivity contribution in [2.45, 2.75) is 33.1 Å². The lowest BCUT2D eigenvalue weighted by molar-refractivity contribution is -0.136. The van der Waals surface area contributed by atoms with Crippen LogP contribution in [0.3, 0.4) is 0 Å². The first-order valence-electron chi connectivity index (χ1n) is 6.89. The molecule has 2 aromatic rings. The van der Waals surface area contributed by atoms with Crippen LogP contribution in [0.5, 0.6) is 5.75 Å². The fourth-order valence-corrected chi connectivity index (χ4v) is 2.76. The average molecular weight is 305 g/mol. The highest BCUT2D eigenvalue weighted by atomic mass is 32.1. The van der Waals surface area contributed by atoms with E-state index in [2.05, 4.69) is 24.9 Å². The molecule has 0 fully saturated rings. The molecule has 0 aliphatic rings. The molecule has 0 atom stereocenters. The molecule has 0 aliphatic heterocycles. The molecule has 0 spiro atoms. The van der Waals surface area contributed by atoms with Crippen LogP contribution in [0.15, 0.2) is 23.6 Å². The van der Waals surface area contributed by atoms with E-state index < -0.39 is 5.97 Å². The van der Waals surface area contributed by atoms with Gasteiger partial charge in [-0.2, -0.15) is 0 Å². The van der Waals surface area contributed by atoms with E-state index in [0.29, 0.717) is 12.3 Å². The van der Waals surface area contributed by atoms with Crippen molar-refractivity contribution in [3.05, 3.63) is 45.4 Å². The van der Waals surface area contributed by atoms with Gasteiger partial charge in [-0.05, 0) is 43.5 Å². The van der Waals surface area contributed by atoms with Crippen LogP contribution in [0.4, 0.5) is 0 Å². The van der Waals surface area contributed by atoms with Crippen LogP contribution in [0.2, 0.25) is 0 Å². The number of carbonyl (C=O) groups is 1. The summed E-state index contributed by atoms with van der Waals surface area (Å²) in [7, 11) is 0. The summed E-state index contributed by atoms with van der Waals surface area (Å²) >= 11 is 1.51. The lowest BCUT2D eigenvalue weighted by Gasteiger charge is -2.07. The Balaban J connectivity index is 1.75. The molecular weight excluding hydrogens is 286 g/mol. The molecule has 1 aromatic heterocycles. The molecular formula is C16H19NO3S. The number of carboxylic acids is 1. The van der Waals surface area contributed by atoms with Crippen LogP contribution in [-0.2, 0) is 17.6 Å². The van der Waals surface area contributed by atoms with Gasteiger partial charge < -0.3 is 9.84 Å². The zero-order valence-electron chi connectivity index (χ0n) is 12.3. The van der Waals surface area contributed by atoms with Crippen molar-refractivity contribution >= 4 is 17.3 Å². The summed E-state index contributed by atoms with van der Waals surface area (Å²) in [6.45, 7) is 4.79. The van der Waals surface area contributed by atoms with E-state index in [4.69, 9.17) is 9.84 Å². The van der Waals surface area contributed by atoms with Crippen LogP contribution >= 0.6 is 11.3 Å². The maximum absolute atomic E-state index is 10.6. The Labute approximate surface area is 128 Å². The van der Waals surface area contributed by atoms with Crippen LogP contribution in [0.25, 0.3) is 0 Å². The number of carboxylic acid groups (broad SMARTS) is 1. The Kier molecular flexibility index (Phi) is 5.33. The van der Waals surface area contributed by atoms with E-state index >= 15 is 0 Å². The number of aromatic nitrogens is 1. The van der Waals surface area contributed by atoms with Gasteiger partial charge in [-0.25, -0.2) is 4.98 Å².